The number of aliphatic hydroxyl groups is 1. The van der Waals surface area contributed by atoms with Crippen LogP contribution in [0.25, 0.3) is 0 Å². The minimum absolute atomic E-state index is 0.245. The van der Waals surface area contributed by atoms with Crippen molar-refractivity contribution in [3.63, 3.8) is 0 Å². The molecule has 0 saturated carbocycles. The Labute approximate surface area is 111 Å². The SMILES string of the molecule is CCCCCN(C)CC(O)(CN)c1ccccc1. The summed E-state index contributed by atoms with van der Waals surface area (Å²) in [5, 5.41) is 10.7. The number of likely N-dealkylation sites (N-methyl/N-ethyl adjacent to an activating group) is 1. The third-order valence-corrected chi connectivity index (χ3v) is 3.32. The Morgan fingerprint density at radius 3 is 2.44 bits per heavy atom. The molecule has 1 rings (SSSR count). The Bertz CT molecular complexity index is 329. The van der Waals surface area contributed by atoms with Crippen molar-refractivity contribution < 1.29 is 5.11 Å². The van der Waals surface area contributed by atoms with E-state index in [4.69, 9.17) is 5.73 Å². The van der Waals surface area contributed by atoms with Crippen LogP contribution in [0, 0.1) is 0 Å². The van der Waals surface area contributed by atoms with Gasteiger partial charge >= 0.3 is 0 Å². The van der Waals surface area contributed by atoms with Crippen molar-refractivity contribution in [2.75, 3.05) is 26.7 Å². The molecular weight excluding hydrogens is 224 g/mol. The highest BCUT2D eigenvalue weighted by atomic mass is 16.3. The van der Waals surface area contributed by atoms with Crippen LogP contribution in [0.5, 0.6) is 0 Å². The van der Waals surface area contributed by atoms with Crippen LogP contribution in [0.4, 0.5) is 0 Å². The van der Waals surface area contributed by atoms with E-state index in [9.17, 15) is 5.11 Å². The molecule has 1 atom stereocenters. The van der Waals surface area contributed by atoms with Gasteiger partial charge in [-0.15, -0.1) is 0 Å². The molecule has 0 aliphatic heterocycles. The first-order valence-corrected chi connectivity index (χ1v) is 6.79. The summed E-state index contributed by atoms with van der Waals surface area (Å²) in [7, 11) is 2.04. The van der Waals surface area contributed by atoms with Crippen molar-refractivity contribution in [2.24, 2.45) is 5.73 Å². The van der Waals surface area contributed by atoms with Gasteiger partial charge < -0.3 is 15.7 Å². The lowest BCUT2D eigenvalue weighted by molar-refractivity contribution is 0.0135. The van der Waals surface area contributed by atoms with Crippen LogP contribution in [-0.4, -0.2) is 36.7 Å². The third kappa shape index (κ3) is 4.41. The maximum absolute atomic E-state index is 10.7. The van der Waals surface area contributed by atoms with Crippen LogP contribution in [-0.2, 0) is 5.60 Å². The Morgan fingerprint density at radius 2 is 1.89 bits per heavy atom. The number of hydrogen-bond donors (Lipinski definition) is 2. The first kappa shape index (κ1) is 15.2. The van der Waals surface area contributed by atoms with Crippen LogP contribution in [0.3, 0.4) is 0 Å². The first-order chi connectivity index (χ1) is 8.62. The van der Waals surface area contributed by atoms with Gasteiger partial charge in [0.1, 0.15) is 5.60 Å². The molecule has 1 aromatic carbocycles. The molecule has 1 unspecified atom stereocenters. The van der Waals surface area contributed by atoms with E-state index in [1.165, 1.54) is 19.3 Å². The summed E-state index contributed by atoms with van der Waals surface area (Å²) < 4.78 is 0. The van der Waals surface area contributed by atoms with Crippen LogP contribution < -0.4 is 5.73 Å². The lowest BCUT2D eigenvalue weighted by Gasteiger charge is -2.32. The van der Waals surface area contributed by atoms with Gasteiger partial charge in [-0.2, -0.15) is 0 Å². The minimum Gasteiger partial charge on any atom is -0.382 e. The monoisotopic (exact) mass is 250 g/mol. The molecule has 1 aromatic rings. The topological polar surface area (TPSA) is 49.5 Å². The lowest BCUT2D eigenvalue weighted by atomic mass is 9.93. The summed E-state index contributed by atoms with van der Waals surface area (Å²) >= 11 is 0. The largest absolute Gasteiger partial charge is 0.382 e. The summed E-state index contributed by atoms with van der Waals surface area (Å²) in [5.74, 6) is 0. The zero-order chi connectivity index (χ0) is 13.4. The highest BCUT2D eigenvalue weighted by Gasteiger charge is 2.28. The number of rotatable bonds is 8. The zero-order valence-corrected chi connectivity index (χ0v) is 11.6. The predicted octanol–water partition coefficient (Wildman–Crippen LogP) is 1.95. The van der Waals surface area contributed by atoms with Gasteiger partial charge in [0.05, 0.1) is 0 Å². The van der Waals surface area contributed by atoms with E-state index in [2.05, 4.69) is 11.8 Å². The minimum atomic E-state index is -0.942. The molecule has 0 heterocycles. The fraction of sp³-hybridized carbons (Fsp3) is 0.600. The zero-order valence-electron chi connectivity index (χ0n) is 11.6. The van der Waals surface area contributed by atoms with Crippen LogP contribution in [0.15, 0.2) is 30.3 Å². The standard InChI is InChI=1S/C15H26N2O/c1-3-4-8-11-17(2)13-15(18,12-16)14-9-6-5-7-10-14/h5-7,9-10,18H,3-4,8,11-13,16H2,1-2H3. The highest BCUT2D eigenvalue weighted by Crippen LogP contribution is 2.20. The van der Waals surface area contributed by atoms with Crippen molar-refractivity contribution in [3.8, 4) is 0 Å². The Hall–Kier alpha value is -0.900. The van der Waals surface area contributed by atoms with Gasteiger partial charge in [0.25, 0.3) is 0 Å². The van der Waals surface area contributed by atoms with Gasteiger partial charge in [0.2, 0.25) is 0 Å². The highest BCUT2D eigenvalue weighted by molar-refractivity contribution is 5.23. The summed E-state index contributed by atoms with van der Waals surface area (Å²) in [6.07, 6.45) is 3.62. The molecule has 3 nitrogen and oxygen atoms in total. The second-order valence-electron chi connectivity index (χ2n) is 5.05. The third-order valence-electron chi connectivity index (χ3n) is 3.32. The quantitative estimate of drug-likeness (QED) is 0.693. The molecule has 102 valence electrons. The van der Waals surface area contributed by atoms with E-state index in [0.717, 1.165) is 12.1 Å². The molecule has 18 heavy (non-hydrogen) atoms. The number of benzene rings is 1. The maximum Gasteiger partial charge on any atom is 0.114 e. The molecule has 0 saturated heterocycles. The molecule has 0 fully saturated rings. The van der Waals surface area contributed by atoms with E-state index in [-0.39, 0.29) is 6.54 Å². The number of unbranched alkanes of at least 4 members (excludes halogenated alkanes) is 2. The van der Waals surface area contributed by atoms with Gasteiger partial charge in [-0.1, -0.05) is 50.1 Å². The van der Waals surface area contributed by atoms with Gasteiger partial charge in [-0.25, -0.2) is 0 Å². The summed E-state index contributed by atoms with van der Waals surface area (Å²) in [4.78, 5) is 2.16. The predicted molar refractivity (Wildman–Crippen MR) is 76.4 cm³/mol. The van der Waals surface area contributed by atoms with E-state index in [1.807, 2.05) is 37.4 Å². The summed E-state index contributed by atoms with van der Waals surface area (Å²) in [6.45, 7) is 4.02. The fourth-order valence-electron chi connectivity index (χ4n) is 2.18. The van der Waals surface area contributed by atoms with E-state index in [0.29, 0.717) is 6.54 Å². The molecule has 0 aliphatic carbocycles. The second-order valence-corrected chi connectivity index (χ2v) is 5.05. The van der Waals surface area contributed by atoms with Gasteiger partial charge in [0, 0.05) is 13.1 Å². The Balaban J connectivity index is 2.60. The molecule has 0 bridgehead atoms. The average molecular weight is 250 g/mol. The average Bonchev–Trinajstić information content (AvgIpc) is 2.40. The molecule has 0 spiro atoms. The lowest BCUT2D eigenvalue weighted by Crippen LogP contribution is -2.45. The van der Waals surface area contributed by atoms with Crippen LogP contribution in [0.1, 0.15) is 31.7 Å². The fourth-order valence-corrected chi connectivity index (χ4v) is 2.18. The summed E-state index contributed by atoms with van der Waals surface area (Å²) in [6, 6.07) is 9.70. The van der Waals surface area contributed by atoms with Crippen molar-refractivity contribution >= 4 is 0 Å². The second kappa shape index (κ2) is 7.52. The van der Waals surface area contributed by atoms with Crippen molar-refractivity contribution in [1.82, 2.24) is 4.90 Å². The smallest absolute Gasteiger partial charge is 0.114 e. The number of nitrogens with two attached hydrogens (primary N) is 1. The Morgan fingerprint density at radius 1 is 1.22 bits per heavy atom. The van der Waals surface area contributed by atoms with Crippen molar-refractivity contribution in [3.05, 3.63) is 35.9 Å². The van der Waals surface area contributed by atoms with Crippen molar-refractivity contribution in [1.29, 1.82) is 0 Å². The number of nitrogens with zero attached hydrogens (tertiary/aromatic N) is 1. The summed E-state index contributed by atoms with van der Waals surface area (Å²) in [5.41, 5.74) is 5.72. The molecule has 0 amide bonds. The van der Waals surface area contributed by atoms with Crippen LogP contribution in [0.2, 0.25) is 0 Å². The van der Waals surface area contributed by atoms with Crippen LogP contribution >= 0.6 is 0 Å². The van der Waals surface area contributed by atoms with E-state index < -0.39 is 5.60 Å². The first-order valence-electron chi connectivity index (χ1n) is 6.79. The molecule has 0 aliphatic rings. The van der Waals surface area contributed by atoms with Gasteiger partial charge in [-0.3, -0.25) is 0 Å². The molecule has 0 aromatic heterocycles. The van der Waals surface area contributed by atoms with Gasteiger partial charge in [-0.05, 0) is 25.6 Å². The number of hydrogen-bond acceptors (Lipinski definition) is 3. The molecule has 3 N–H and O–H groups in total. The molecule has 0 radical (unpaired) electrons. The normalized spacial score (nSPS) is 14.7. The van der Waals surface area contributed by atoms with E-state index >= 15 is 0 Å². The Kier molecular flexibility index (Phi) is 6.33. The van der Waals surface area contributed by atoms with E-state index in [1.54, 1.807) is 0 Å². The van der Waals surface area contributed by atoms with Crippen molar-refractivity contribution in [2.45, 2.75) is 31.8 Å². The molecular formula is C15H26N2O. The van der Waals surface area contributed by atoms with Gasteiger partial charge in [0.15, 0.2) is 0 Å². The maximum atomic E-state index is 10.7. The molecule has 3 heteroatoms.